The first kappa shape index (κ1) is 15.2. The van der Waals surface area contributed by atoms with Gasteiger partial charge in [0, 0.05) is 11.9 Å². The minimum Gasteiger partial charge on any atom is -0.354 e. The highest BCUT2D eigenvalue weighted by Crippen LogP contribution is 2.11. The number of hydrogen-bond donors (Lipinski definition) is 1. The van der Waals surface area contributed by atoms with E-state index in [9.17, 15) is 9.59 Å². The number of aryl methyl sites for hydroxylation is 1. The summed E-state index contributed by atoms with van der Waals surface area (Å²) >= 11 is 0. The van der Waals surface area contributed by atoms with Gasteiger partial charge in [0.1, 0.15) is 6.54 Å². The molecule has 1 heterocycles. The fourth-order valence-electron chi connectivity index (χ4n) is 2.31. The first-order valence-electron chi connectivity index (χ1n) is 7.36. The molecule has 0 aliphatic carbocycles. The van der Waals surface area contributed by atoms with Crippen LogP contribution < -0.4 is 10.9 Å². The molecule has 0 saturated heterocycles. The Morgan fingerprint density at radius 1 is 1.24 bits per heavy atom. The van der Waals surface area contributed by atoms with Crippen molar-refractivity contribution in [2.75, 3.05) is 6.54 Å². The van der Waals surface area contributed by atoms with Gasteiger partial charge in [-0.05, 0) is 19.4 Å². The van der Waals surface area contributed by atoms with E-state index < -0.39 is 0 Å². The highest BCUT2D eigenvalue weighted by Gasteiger charge is 2.10. The Kier molecular flexibility index (Phi) is 5.09. The van der Waals surface area contributed by atoms with Gasteiger partial charge in [-0.25, -0.2) is 4.68 Å². The van der Waals surface area contributed by atoms with Gasteiger partial charge >= 0.3 is 0 Å². The Hall–Kier alpha value is -2.17. The average Bonchev–Trinajstić information content (AvgIpc) is 2.49. The molecule has 1 aromatic carbocycles. The summed E-state index contributed by atoms with van der Waals surface area (Å²) in [6.45, 7) is 4.57. The average molecular weight is 287 g/mol. The summed E-state index contributed by atoms with van der Waals surface area (Å²) in [6.07, 6.45) is 3.16. The summed E-state index contributed by atoms with van der Waals surface area (Å²) in [5, 5.41) is 8.49. The van der Waals surface area contributed by atoms with E-state index in [0.29, 0.717) is 11.9 Å². The lowest BCUT2D eigenvalue weighted by Crippen LogP contribution is -2.34. The topological polar surface area (TPSA) is 64.0 Å². The van der Waals surface area contributed by atoms with Crippen molar-refractivity contribution in [3.63, 3.8) is 0 Å². The second-order valence-corrected chi connectivity index (χ2v) is 5.15. The van der Waals surface area contributed by atoms with Crippen LogP contribution in [0.5, 0.6) is 0 Å². The monoisotopic (exact) mass is 287 g/mol. The summed E-state index contributed by atoms with van der Waals surface area (Å²) < 4.78 is 1.24. The van der Waals surface area contributed by atoms with E-state index in [0.717, 1.165) is 30.3 Å². The maximum Gasteiger partial charge on any atom is 0.275 e. The van der Waals surface area contributed by atoms with Gasteiger partial charge in [0.05, 0.1) is 11.1 Å². The zero-order valence-corrected chi connectivity index (χ0v) is 12.6. The number of carbonyl (C=O) groups is 1. The molecule has 0 spiro atoms. The molecule has 0 atom stereocenters. The predicted molar refractivity (Wildman–Crippen MR) is 83.3 cm³/mol. The third-order valence-electron chi connectivity index (χ3n) is 3.45. The van der Waals surface area contributed by atoms with E-state index in [1.807, 2.05) is 25.1 Å². The SMILES string of the molecule is CCCCCNC(=O)Cn1nc(C)c2ccccc2c1=O. The number of fused-ring (bicyclic) bond motifs is 1. The lowest BCUT2D eigenvalue weighted by atomic mass is 10.1. The number of nitrogens with zero attached hydrogens (tertiary/aromatic N) is 2. The van der Waals surface area contributed by atoms with Crippen LogP contribution in [0.2, 0.25) is 0 Å². The molecule has 21 heavy (non-hydrogen) atoms. The number of hydrogen-bond acceptors (Lipinski definition) is 3. The molecule has 112 valence electrons. The lowest BCUT2D eigenvalue weighted by molar-refractivity contribution is -0.121. The number of rotatable bonds is 6. The standard InChI is InChI=1S/C16H21N3O2/c1-3-4-7-10-17-15(20)11-19-16(21)14-9-6-5-8-13(14)12(2)18-19/h5-6,8-9H,3-4,7,10-11H2,1-2H3,(H,17,20). The first-order chi connectivity index (χ1) is 10.1. The second-order valence-electron chi connectivity index (χ2n) is 5.15. The molecule has 5 heteroatoms. The van der Waals surface area contributed by atoms with E-state index in [1.54, 1.807) is 6.07 Å². The van der Waals surface area contributed by atoms with Crippen molar-refractivity contribution in [1.82, 2.24) is 15.1 Å². The largest absolute Gasteiger partial charge is 0.354 e. The number of unbranched alkanes of at least 4 members (excludes halogenated alkanes) is 2. The van der Waals surface area contributed by atoms with Crippen molar-refractivity contribution in [2.45, 2.75) is 39.7 Å². The van der Waals surface area contributed by atoms with E-state index in [-0.39, 0.29) is 18.0 Å². The van der Waals surface area contributed by atoms with Crippen molar-refractivity contribution in [2.24, 2.45) is 0 Å². The normalized spacial score (nSPS) is 10.8. The maximum atomic E-state index is 12.3. The maximum absolute atomic E-state index is 12.3. The van der Waals surface area contributed by atoms with Crippen LogP contribution in [0.4, 0.5) is 0 Å². The van der Waals surface area contributed by atoms with Crippen molar-refractivity contribution < 1.29 is 4.79 Å². The molecule has 2 aromatic rings. The van der Waals surface area contributed by atoms with Crippen LogP contribution in [-0.2, 0) is 11.3 Å². The molecular weight excluding hydrogens is 266 g/mol. The van der Waals surface area contributed by atoms with Gasteiger partial charge in [-0.1, -0.05) is 38.0 Å². The minimum atomic E-state index is -0.222. The predicted octanol–water partition coefficient (Wildman–Crippen LogP) is 2.01. The summed E-state index contributed by atoms with van der Waals surface area (Å²) in [5.74, 6) is -0.171. The molecule has 0 unspecified atom stereocenters. The zero-order valence-electron chi connectivity index (χ0n) is 12.6. The fourth-order valence-corrected chi connectivity index (χ4v) is 2.31. The molecule has 0 aliphatic heterocycles. The number of nitrogens with one attached hydrogen (secondary N) is 1. The Labute approximate surface area is 124 Å². The van der Waals surface area contributed by atoms with Crippen molar-refractivity contribution >= 4 is 16.7 Å². The van der Waals surface area contributed by atoms with Gasteiger partial charge in [-0.2, -0.15) is 5.10 Å². The molecule has 0 saturated carbocycles. The highest BCUT2D eigenvalue weighted by atomic mass is 16.2. The summed E-state index contributed by atoms with van der Waals surface area (Å²) in [7, 11) is 0. The van der Waals surface area contributed by atoms with Gasteiger partial charge in [0.15, 0.2) is 0 Å². The van der Waals surface area contributed by atoms with E-state index in [2.05, 4.69) is 17.3 Å². The Morgan fingerprint density at radius 3 is 2.67 bits per heavy atom. The van der Waals surface area contributed by atoms with Crippen LogP contribution in [0, 0.1) is 6.92 Å². The smallest absolute Gasteiger partial charge is 0.275 e. The van der Waals surface area contributed by atoms with Gasteiger partial charge in [0.2, 0.25) is 5.91 Å². The number of carbonyl (C=O) groups excluding carboxylic acids is 1. The molecule has 1 aromatic heterocycles. The van der Waals surface area contributed by atoms with Crippen LogP contribution >= 0.6 is 0 Å². The molecule has 0 radical (unpaired) electrons. The second kappa shape index (κ2) is 7.02. The number of amides is 1. The molecule has 2 rings (SSSR count). The Bertz CT molecular complexity index is 691. The molecule has 5 nitrogen and oxygen atoms in total. The molecule has 1 amide bonds. The summed E-state index contributed by atoms with van der Waals surface area (Å²) in [4.78, 5) is 24.2. The van der Waals surface area contributed by atoms with Gasteiger partial charge in [-0.3, -0.25) is 9.59 Å². The van der Waals surface area contributed by atoms with E-state index in [4.69, 9.17) is 0 Å². The minimum absolute atomic E-state index is 0.0311. The molecule has 1 N–H and O–H groups in total. The van der Waals surface area contributed by atoms with Gasteiger partial charge in [0.25, 0.3) is 5.56 Å². The molecular formula is C16H21N3O2. The van der Waals surface area contributed by atoms with Crippen LogP contribution in [0.3, 0.4) is 0 Å². The Morgan fingerprint density at radius 2 is 1.95 bits per heavy atom. The quantitative estimate of drug-likeness (QED) is 0.827. The molecule has 0 aliphatic rings. The van der Waals surface area contributed by atoms with Crippen LogP contribution in [0.25, 0.3) is 10.8 Å². The van der Waals surface area contributed by atoms with Crippen LogP contribution in [0.15, 0.2) is 29.1 Å². The summed E-state index contributed by atoms with van der Waals surface area (Å²) in [6, 6.07) is 7.33. The van der Waals surface area contributed by atoms with E-state index in [1.165, 1.54) is 4.68 Å². The van der Waals surface area contributed by atoms with E-state index >= 15 is 0 Å². The van der Waals surface area contributed by atoms with Gasteiger partial charge < -0.3 is 5.32 Å². The zero-order chi connectivity index (χ0) is 15.2. The van der Waals surface area contributed by atoms with Crippen LogP contribution in [0.1, 0.15) is 31.9 Å². The Balaban J connectivity index is 2.14. The third kappa shape index (κ3) is 3.68. The fraction of sp³-hybridized carbons (Fsp3) is 0.438. The van der Waals surface area contributed by atoms with Gasteiger partial charge in [-0.15, -0.1) is 0 Å². The third-order valence-corrected chi connectivity index (χ3v) is 3.45. The van der Waals surface area contributed by atoms with Crippen molar-refractivity contribution in [3.8, 4) is 0 Å². The first-order valence-corrected chi connectivity index (χ1v) is 7.36. The number of benzene rings is 1. The highest BCUT2D eigenvalue weighted by molar-refractivity contribution is 5.83. The lowest BCUT2D eigenvalue weighted by Gasteiger charge is -2.09. The number of aromatic nitrogens is 2. The van der Waals surface area contributed by atoms with Crippen LogP contribution in [-0.4, -0.2) is 22.2 Å². The summed E-state index contributed by atoms with van der Waals surface area (Å²) in [5.41, 5.74) is 0.531. The molecule has 0 fully saturated rings. The molecule has 0 bridgehead atoms. The van der Waals surface area contributed by atoms with Crippen molar-refractivity contribution in [3.05, 3.63) is 40.3 Å². The van der Waals surface area contributed by atoms with Crippen molar-refractivity contribution in [1.29, 1.82) is 0 Å².